The van der Waals surface area contributed by atoms with Gasteiger partial charge in [0.15, 0.2) is 0 Å². The molecular weight excluding hydrogens is 222 g/mol. The molecule has 0 aromatic rings. The van der Waals surface area contributed by atoms with Crippen LogP contribution in [0.4, 0.5) is 0 Å². The van der Waals surface area contributed by atoms with Crippen LogP contribution in [0.3, 0.4) is 0 Å². The maximum atomic E-state index is 3.64. The van der Waals surface area contributed by atoms with Crippen LogP contribution in [0.25, 0.3) is 0 Å². The van der Waals surface area contributed by atoms with Crippen molar-refractivity contribution in [1.82, 2.24) is 15.3 Å². The van der Waals surface area contributed by atoms with Crippen LogP contribution in [0, 0.1) is 17.8 Å². The first-order chi connectivity index (χ1) is 8.56. The molecule has 2 aliphatic heterocycles. The van der Waals surface area contributed by atoms with Crippen LogP contribution in [-0.2, 0) is 0 Å². The van der Waals surface area contributed by atoms with Gasteiger partial charge in [-0.15, -0.1) is 0 Å². The van der Waals surface area contributed by atoms with Gasteiger partial charge in [0.1, 0.15) is 0 Å². The number of nitrogens with one attached hydrogen (secondary N) is 1. The van der Waals surface area contributed by atoms with Gasteiger partial charge < -0.3 is 4.90 Å². The Bertz CT molecular complexity index is 252. The van der Waals surface area contributed by atoms with E-state index in [-0.39, 0.29) is 0 Å². The van der Waals surface area contributed by atoms with Crippen LogP contribution < -0.4 is 5.43 Å². The number of hydrogen-bond donors (Lipinski definition) is 1. The largest absolute Gasteiger partial charge is 0.301 e. The van der Waals surface area contributed by atoms with E-state index in [1.165, 1.54) is 45.6 Å². The van der Waals surface area contributed by atoms with E-state index in [1.807, 2.05) is 0 Å². The first-order valence-corrected chi connectivity index (χ1v) is 7.78. The lowest BCUT2D eigenvalue weighted by atomic mass is 9.96. The van der Waals surface area contributed by atoms with Gasteiger partial charge in [0.2, 0.25) is 0 Å². The van der Waals surface area contributed by atoms with Crippen molar-refractivity contribution in [2.24, 2.45) is 17.8 Å². The molecule has 18 heavy (non-hydrogen) atoms. The first-order valence-electron chi connectivity index (χ1n) is 7.78. The minimum Gasteiger partial charge on any atom is -0.301 e. The van der Waals surface area contributed by atoms with E-state index in [2.05, 4.69) is 43.0 Å². The Morgan fingerprint density at radius 2 is 1.94 bits per heavy atom. The second-order valence-corrected chi connectivity index (χ2v) is 6.97. The maximum Gasteiger partial charge on any atom is 0.0371 e. The highest BCUT2D eigenvalue weighted by Gasteiger charge is 2.32. The predicted molar refractivity (Wildman–Crippen MR) is 77.3 cm³/mol. The topological polar surface area (TPSA) is 18.5 Å². The summed E-state index contributed by atoms with van der Waals surface area (Å²) in [5.41, 5.74) is 3.64. The molecule has 2 aliphatic rings. The summed E-state index contributed by atoms with van der Waals surface area (Å²) in [6.45, 7) is 15.6. The van der Waals surface area contributed by atoms with E-state index in [9.17, 15) is 0 Å². The lowest BCUT2D eigenvalue weighted by Crippen LogP contribution is -2.51. The van der Waals surface area contributed by atoms with Crippen LogP contribution in [0.1, 0.15) is 40.5 Å². The molecule has 2 unspecified atom stereocenters. The Kier molecular flexibility index (Phi) is 5.05. The zero-order valence-corrected chi connectivity index (χ0v) is 12.7. The molecule has 106 valence electrons. The third-order valence-electron chi connectivity index (χ3n) is 4.48. The molecule has 0 spiro atoms. The van der Waals surface area contributed by atoms with Gasteiger partial charge >= 0.3 is 0 Å². The number of nitrogens with zero attached hydrogens (tertiary/aromatic N) is 2. The second kappa shape index (κ2) is 6.36. The SMILES string of the molecule is CC(C)CN1CCCC(N2CC(C(C)C)CN2)C1. The standard InChI is InChI=1S/C15H31N3/c1-12(2)9-17-7-5-6-15(11-17)18-10-14(8-16-18)13(3)4/h12-16H,5-11H2,1-4H3. The van der Waals surface area contributed by atoms with Crippen molar-refractivity contribution < 1.29 is 0 Å². The zero-order valence-electron chi connectivity index (χ0n) is 12.7. The highest BCUT2D eigenvalue weighted by atomic mass is 15.5. The fourth-order valence-corrected chi connectivity index (χ4v) is 3.31. The van der Waals surface area contributed by atoms with E-state index in [1.54, 1.807) is 0 Å². The van der Waals surface area contributed by atoms with Gasteiger partial charge in [-0.2, -0.15) is 0 Å². The van der Waals surface area contributed by atoms with Crippen LogP contribution in [-0.4, -0.2) is 48.7 Å². The van der Waals surface area contributed by atoms with Gasteiger partial charge in [-0.3, -0.25) is 5.43 Å². The molecule has 3 heteroatoms. The van der Waals surface area contributed by atoms with Crippen molar-refractivity contribution in [3.63, 3.8) is 0 Å². The molecule has 2 saturated heterocycles. The van der Waals surface area contributed by atoms with Crippen LogP contribution >= 0.6 is 0 Å². The number of rotatable bonds is 4. The van der Waals surface area contributed by atoms with E-state index >= 15 is 0 Å². The molecule has 2 atom stereocenters. The molecular formula is C15H31N3. The zero-order chi connectivity index (χ0) is 13.1. The molecule has 0 aliphatic carbocycles. The number of hydrazine groups is 1. The summed E-state index contributed by atoms with van der Waals surface area (Å²) in [7, 11) is 0. The molecule has 0 bridgehead atoms. The highest BCUT2D eigenvalue weighted by molar-refractivity contribution is 4.85. The minimum atomic E-state index is 0.737. The fraction of sp³-hybridized carbons (Fsp3) is 1.00. The average molecular weight is 253 g/mol. The molecule has 0 aromatic heterocycles. The molecule has 2 rings (SSSR count). The smallest absolute Gasteiger partial charge is 0.0371 e. The Morgan fingerprint density at radius 1 is 1.17 bits per heavy atom. The second-order valence-electron chi connectivity index (χ2n) is 6.97. The molecule has 0 aromatic carbocycles. The molecule has 0 amide bonds. The van der Waals surface area contributed by atoms with Gasteiger partial charge in [-0.25, -0.2) is 5.01 Å². The Hall–Kier alpha value is -0.120. The van der Waals surface area contributed by atoms with Crippen molar-refractivity contribution >= 4 is 0 Å². The van der Waals surface area contributed by atoms with E-state index in [4.69, 9.17) is 0 Å². The van der Waals surface area contributed by atoms with E-state index in [0.29, 0.717) is 0 Å². The molecule has 0 saturated carbocycles. The van der Waals surface area contributed by atoms with Gasteiger partial charge in [0, 0.05) is 32.2 Å². The average Bonchev–Trinajstić information content (AvgIpc) is 2.77. The van der Waals surface area contributed by atoms with Crippen molar-refractivity contribution in [3.05, 3.63) is 0 Å². The Morgan fingerprint density at radius 3 is 2.56 bits per heavy atom. The Labute approximate surface area is 113 Å². The summed E-state index contributed by atoms with van der Waals surface area (Å²) in [6, 6.07) is 0.737. The molecule has 0 radical (unpaired) electrons. The molecule has 1 N–H and O–H groups in total. The van der Waals surface area contributed by atoms with Crippen LogP contribution in [0.5, 0.6) is 0 Å². The van der Waals surface area contributed by atoms with E-state index in [0.717, 1.165) is 23.8 Å². The summed E-state index contributed by atoms with van der Waals surface area (Å²) in [4.78, 5) is 2.66. The van der Waals surface area contributed by atoms with Gasteiger partial charge in [0.25, 0.3) is 0 Å². The maximum absolute atomic E-state index is 3.64. The van der Waals surface area contributed by atoms with Gasteiger partial charge in [-0.05, 0) is 37.1 Å². The van der Waals surface area contributed by atoms with Crippen molar-refractivity contribution in [2.75, 3.05) is 32.7 Å². The highest BCUT2D eigenvalue weighted by Crippen LogP contribution is 2.22. The lowest BCUT2D eigenvalue weighted by molar-refractivity contribution is 0.0751. The van der Waals surface area contributed by atoms with Crippen molar-refractivity contribution in [1.29, 1.82) is 0 Å². The number of likely N-dealkylation sites (tertiary alicyclic amines) is 1. The van der Waals surface area contributed by atoms with Crippen LogP contribution in [0.2, 0.25) is 0 Å². The summed E-state index contributed by atoms with van der Waals surface area (Å²) in [5.74, 6) is 2.43. The normalized spacial score (nSPS) is 31.7. The number of piperidine rings is 1. The predicted octanol–water partition coefficient (Wildman–Crippen LogP) is 2.20. The molecule has 2 fully saturated rings. The van der Waals surface area contributed by atoms with Crippen molar-refractivity contribution in [2.45, 2.75) is 46.6 Å². The summed E-state index contributed by atoms with van der Waals surface area (Å²) in [5, 5.41) is 2.54. The summed E-state index contributed by atoms with van der Waals surface area (Å²) < 4.78 is 0. The van der Waals surface area contributed by atoms with Gasteiger partial charge in [0.05, 0.1) is 0 Å². The fourth-order valence-electron chi connectivity index (χ4n) is 3.31. The first kappa shape index (κ1) is 14.3. The van der Waals surface area contributed by atoms with E-state index < -0.39 is 0 Å². The molecule has 3 nitrogen and oxygen atoms in total. The van der Waals surface area contributed by atoms with Crippen molar-refractivity contribution in [3.8, 4) is 0 Å². The quantitative estimate of drug-likeness (QED) is 0.828. The monoisotopic (exact) mass is 253 g/mol. The van der Waals surface area contributed by atoms with Crippen LogP contribution in [0.15, 0.2) is 0 Å². The Balaban J connectivity index is 1.82. The summed E-state index contributed by atoms with van der Waals surface area (Å²) in [6.07, 6.45) is 2.73. The minimum absolute atomic E-state index is 0.737. The lowest BCUT2D eigenvalue weighted by Gasteiger charge is -2.38. The third-order valence-corrected chi connectivity index (χ3v) is 4.48. The number of hydrogen-bond acceptors (Lipinski definition) is 3. The third kappa shape index (κ3) is 3.69. The summed E-state index contributed by atoms with van der Waals surface area (Å²) >= 11 is 0. The molecule has 2 heterocycles. The van der Waals surface area contributed by atoms with Gasteiger partial charge in [-0.1, -0.05) is 27.7 Å².